The summed E-state index contributed by atoms with van der Waals surface area (Å²) in [5, 5.41) is 0. The summed E-state index contributed by atoms with van der Waals surface area (Å²) in [4.78, 5) is -0.424. The van der Waals surface area contributed by atoms with Gasteiger partial charge in [-0.1, -0.05) is 0 Å². The number of hydrogen-bond donors (Lipinski definition) is 2. The van der Waals surface area contributed by atoms with Crippen LogP contribution in [0.4, 0.5) is 18.9 Å². The second-order valence-electron chi connectivity index (χ2n) is 3.34. The maximum atomic E-state index is 11.9. The number of sulfonamides is 1. The molecule has 0 heterocycles. The van der Waals surface area contributed by atoms with Crippen LogP contribution >= 0.6 is 0 Å². The molecule has 0 radical (unpaired) electrons. The minimum Gasteiger partial charge on any atom is -0.497 e. The molecule has 18 heavy (non-hydrogen) atoms. The van der Waals surface area contributed by atoms with Crippen LogP contribution in [-0.2, 0) is 10.0 Å². The third-order valence-electron chi connectivity index (χ3n) is 1.97. The van der Waals surface area contributed by atoms with Gasteiger partial charge in [0.25, 0.3) is 0 Å². The molecule has 0 saturated carbocycles. The van der Waals surface area contributed by atoms with Crippen molar-refractivity contribution in [2.45, 2.75) is 11.1 Å². The summed E-state index contributed by atoms with van der Waals surface area (Å²) in [6, 6.07) is 3.58. The molecule has 0 aliphatic rings. The number of anilines is 1. The molecule has 0 aliphatic heterocycles. The van der Waals surface area contributed by atoms with E-state index in [0.29, 0.717) is 5.75 Å². The van der Waals surface area contributed by atoms with Gasteiger partial charge >= 0.3 is 6.18 Å². The monoisotopic (exact) mass is 284 g/mol. The molecule has 1 aromatic carbocycles. The molecular weight excluding hydrogens is 273 g/mol. The Morgan fingerprint density at radius 2 is 2.00 bits per heavy atom. The Balaban J connectivity index is 2.99. The second-order valence-corrected chi connectivity index (χ2v) is 5.08. The van der Waals surface area contributed by atoms with Gasteiger partial charge in [0.2, 0.25) is 10.0 Å². The van der Waals surface area contributed by atoms with E-state index in [1.807, 2.05) is 0 Å². The molecule has 0 atom stereocenters. The van der Waals surface area contributed by atoms with E-state index in [9.17, 15) is 21.6 Å². The SMILES string of the molecule is COc1ccc(S(=O)(=O)NCC(F)(F)F)c(N)c1. The summed E-state index contributed by atoms with van der Waals surface area (Å²) in [5.74, 6) is 0.308. The summed E-state index contributed by atoms with van der Waals surface area (Å²) in [7, 11) is -2.95. The molecule has 102 valence electrons. The van der Waals surface area contributed by atoms with Crippen molar-refractivity contribution in [1.29, 1.82) is 0 Å². The quantitative estimate of drug-likeness (QED) is 0.812. The molecule has 0 bridgehead atoms. The maximum Gasteiger partial charge on any atom is 0.402 e. The van der Waals surface area contributed by atoms with Crippen LogP contribution in [0.5, 0.6) is 5.75 Å². The number of nitrogen functional groups attached to an aromatic ring is 1. The highest BCUT2D eigenvalue weighted by Crippen LogP contribution is 2.24. The highest BCUT2D eigenvalue weighted by Gasteiger charge is 2.30. The minimum absolute atomic E-state index is 0.191. The molecule has 3 N–H and O–H groups in total. The average Bonchev–Trinajstić information content (AvgIpc) is 2.25. The number of halogens is 3. The van der Waals surface area contributed by atoms with Crippen LogP contribution < -0.4 is 15.2 Å². The van der Waals surface area contributed by atoms with Crippen LogP contribution in [0.2, 0.25) is 0 Å². The Kier molecular flexibility index (Phi) is 4.07. The standard InChI is InChI=1S/C9H11F3N2O3S/c1-17-6-2-3-8(7(13)4-6)18(15,16)14-5-9(10,11)12/h2-4,14H,5,13H2,1H3. The van der Waals surface area contributed by atoms with Crippen molar-refractivity contribution in [2.24, 2.45) is 0 Å². The van der Waals surface area contributed by atoms with Crippen LogP contribution in [0.1, 0.15) is 0 Å². The van der Waals surface area contributed by atoms with Gasteiger partial charge in [0, 0.05) is 6.07 Å². The summed E-state index contributed by atoms with van der Waals surface area (Å²) in [6.45, 7) is -1.65. The number of ether oxygens (including phenoxy) is 1. The van der Waals surface area contributed by atoms with E-state index in [-0.39, 0.29) is 5.69 Å². The Morgan fingerprint density at radius 1 is 1.39 bits per heavy atom. The van der Waals surface area contributed by atoms with Gasteiger partial charge in [-0.3, -0.25) is 0 Å². The lowest BCUT2D eigenvalue weighted by molar-refractivity contribution is -0.121. The Bertz CT molecular complexity index is 528. The van der Waals surface area contributed by atoms with E-state index in [2.05, 4.69) is 0 Å². The Hall–Kier alpha value is -1.48. The van der Waals surface area contributed by atoms with Gasteiger partial charge in [-0.05, 0) is 12.1 Å². The van der Waals surface area contributed by atoms with Gasteiger partial charge in [-0.15, -0.1) is 0 Å². The van der Waals surface area contributed by atoms with E-state index in [0.717, 1.165) is 6.07 Å². The average molecular weight is 284 g/mol. The Morgan fingerprint density at radius 3 is 2.44 bits per heavy atom. The van der Waals surface area contributed by atoms with Crippen molar-refractivity contribution < 1.29 is 26.3 Å². The van der Waals surface area contributed by atoms with E-state index >= 15 is 0 Å². The van der Waals surface area contributed by atoms with Gasteiger partial charge in [-0.25, -0.2) is 13.1 Å². The fourth-order valence-corrected chi connectivity index (χ4v) is 2.28. The van der Waals surface area contributed by atoms with E-state index in [4.69, 9.17) is 10.5 Å². The number of alkyl halides is 3. The van der Waals surface area contributed by atoms with Crippen molar-refractivity contribution >= 4 is 15.7 Å². The number of methoxy groups -OCH3 is 1. The molecule has 0 unspecified atom stereocenters. The first-order chi connectivity index (χ1) is 8.15. The normalized spacial score (nSPS) is 12.4. The first-order valence-corrected chi connectivity index (χ1v) is 6.14. The molecule has 0 fully saturated rings. The van der Waals surface area contributed by atoms with Gasteiger partial charge in [-0.2, -0.15) is 13.2 Å². The number of nitrogens with one attached hydrogen (secondary N) is 1. The van der Waals surface area contributed by atoms with E-state index < -0.39 is 27.6 Å². The highest BCUT2D eigenvalue weighted by atomic mass is 32.2. The van der Waals surface area contributed by atoms with Crippen molar-refractivity contribution in [3.63, 3.8) is 0 Å². The third-order valence-corrected chi connectivity index (χ3v) is 3.44. The molecule has 9 heteroatoms. The summed E-state index contributed by atoms with van der Waals surface area (Å²) < 4.78 is 65.2. The smallest absolute Gasteiger partial charge is 0.402 e. The molecule has 5 nitrogen and oxygen atoms in total. The van der Waals surface area contributed by atoms with Crippen molar-refractivity contribution in [2.75, 3.05) is 19.4 Å². The van der Waals surface area contributed by atoms with Crippen molar-refractivity contribution in [3.8, 4) is 5.75 Å². The molecular formula is C9H11F3N2O3S. The van der Waals surface area contributed by atoms with Gasteiger partial charge < -0.3 is 10.5 Å². The van der Waals surface area contributed by atoms with Gasteiger partial charge in [0.1, 0.15) is 17.2 Å². The molecule has 0 saturated heterocycles. The van der Waals surface area contributed by atoms with Crippen LogP contribution in [0.25, 0.3) is 0 Å². The van der Waals surface area contributed by atoms with Crippen LogP contribution in [0.3, 0.4) is 0 Å². The molecule has 0 spiro atoms. The third kappa shape index (κ3) is 3.77. The lowest BCUT2D eigenvalue weighted by Crippen LogP contribution is -2.34. The number of rotatable bonds is 4. The first-order valence-electron chi connectivity index (χ1n) is 4.65. The number of benzene rings is 1. The van der Waals surface area contributed by atoms with E-state index in [1.165, 1.54) is 24.0 Å². The molecule has 1 aromatic rings. The second kappa shape index (κ2) is 5.02. The van der Waals surface area contributed by atoms with Crippen LogP contribution in [-0.4, -0.2) is 28.2 Å². The van der Waals surface area contributed by atoms with Crippen LogP contribution in [0, 0.1) is 0 Å². The number of nitrogens with two attached hydrogens (primary N) is 1. The largest absolute Gasteiger partial charge is 0.497 e. The zero-order chi connectivity index (χ0) is 14.0. The summed E-state index contributed by atoms with van der Waals surface area (Å²) in [5.41, 5.74) is 5.25. The zero-order valence-corrected chi connectivity index (χ0v) is 10.1. The zero-order valence-electron chi connectivity index (χ0n) is 9.28. The summed E-state index contributed by atoms with van der Waals surface area (Å²) in [6.07, 6.45) is -4.63. The van der Waals surface area contributed by atoms with Crippen LogP contribution in [0.15, 0.2) is 23.1 Å². The molecule has 0 amide bonds. The molecule has 0 aliphatic carbocycles. The molecule has 0 aromatic heterocycles. The summed E-state index contributed by atoms with van der Waals surface area (Å²) >= 11 is 0. The fraction of sp³-hybridized carbons (Fsp3) is 0.333. The first kappa shape index (κ1) is 14.6. The fourth-order valence-electron chi connectivity index (χ4n) is 1.15. The Labute approximate surface area is 102 Å². The molecule has 1 rings (SSSR count). The van der Waals surface area contributed by atoms with Crippen molar-refractivity contribution in [3.05, 3.63) is 18.2 Å². The lowest BCUT2D eigenvalue weighted by Gasteiger charge is -2.11. The maximum absolute atomic E-state index is 11.9. The minimum atomic E-state index is -4.63. The number of hydrogen-bond acceptors (Lipinski definition) is 4. The predicted molar refractivity (Wildman–Crippen MR) is 58.6 cm³/mol. The van der Waals surface area contributed by atoms with Gasteiger partial charge in [0.15, 0.2) is 0 Å². The lowest BCUT2D eigenvalue weighted by atomic mass is 10.3. The topological polar surface area (TPSA) is 81.4 Å². The van der Waals surface area contributed by atoms with Crippen molar-refractivity contribution in [1.82, 2.24) is 4.72 Å². The predicted octanol–water partition coefficient (Wildman–Crippen LogP) is 1.12. The highest BCUT2D eigenvalue weighted by molar-refractivity contribution is 7.89. The van der Waals surface area contributed by atoms with E-state index in [1.54, 1.807) is 0 Å². The van der Waals surface area contributed by atoms with Gasteiger partial charge in [0.05, 0.1) is 12.8 Å².